The van der Waals surface area contributed by atoms with Crippen LogP contribution in [0.1, 0.15) is 26.5 Å². The topological polar surface area (TPSA) is 71.8 Å². The molecule has 6 nitrogen and oxygen atoms in total. The van der Waals surface area contributed by atoms with Gasteiger partial charge in [-0.05, 0) is 36.3 Å². The highest BCUT2D eigenvalue weighted by Crippen LogP contribution is 2.33. The maximum atomic E-state index is 12.9. The smallest absolute Gasteiger partial charge is 0.248 e. The van der Waals surface area contributed by atoms with Crippen molar-refractivity contribution in [2.24, 2.45) is 0 Å². The molecule has 21 heavy (non-hydrogen) atoms. The molecular weight excluding hydrogens is 360 g/mol. The third-order valence-electron chi connectivity index (χ3n) is 3.39. The van der Waals surface area contributed by atoms with Crippen LogP contribution in [-0.4, -0.2) is 44.6 Å². The number of furan rings is 1. The Bertz CT molecular complexity index is 597. The second-order valence-electron chi connectivity index (χ2n) is 5.57. The minimum atomic E-state index is -3.62. The minimum Gasteiger partial charge on any atom is -0.452 e. The van der Waals surface area contributed by atoms with E-state index in [2.05, 4.69) is 21.2 Å². The van der Waals surface area contributed by atoms with Gasteiger partial charge in [0.1, 0.15) is 10.7 Å². The molecule has 1 aliphatic rings. The zero-order chi connectivity index (χ0) is 15.7. The van der Waals surface area contributed by atoms with Gasteiger partial charge in [0, 0.05) is 12.6 Å². The van der Waals surface area contributed by atoms with Crippen LogP contribution in [0.5, 0.6) is 0 Å². The standard InChI is InChI=1S/C13H21BrN2O4S/c1-4-15-8-10-7-11(12(14)20-10)21(17,18)16-5-6-19-9-13(16,2)3/h7,15H,4-6,8-9H2,1-3H3. The molecule has 1 fully saturated rings. The van der Waals surface area contributed by atoms with Gasteiger partial charge in [0.15, 0.2) is 4.67 Å². The van der Waals surface area contributed by atoms with Crippen LogP contribution in [0, 0.1) is 0 Å². The molecule has 2 heterocycles. The van der Waals surface area contributed by atoms with E-state index >= 15 is 0 Å². The van der Waals surface area contributed by atoms with Crippen molar-refractivity contribution in [3.63, 3.8) is 0 Å². The SMILES string of the molecule is CCNCc1cc(S(=O)(=O)N2CCOCC2(C)C)c(Br)o1. The van der Waals surface area contributed by atoms with E-state index in [1.54, 1.807) is 6.07 Å². The number of sulfonamides is 1. The van der Waals surface area contributed by atoms with Crippen LogP contribution in [-0.2, 0) is 21.3 Å². The molecule has 1 aliphatic heterocycles. The van der Waals surface area contributed by atoms with Gasteiger partial charge in [-0.3, -0.25) is 0 Å². The summed E-state index contributed by atoms with van der Waals surface area (Å²) >= 11 is 3.22. The number of rotatable bonds is 5. The van der Waals surface area contributed by atoms with Gasteiger partial charge in [0.05, 0.1) is 25.3 Å². The van der Waals surface area contributed by atoms with Gasteiger partial charge in [-0.25, -0.2) is 8.42 Å². The molecule has 0 unspecified atom stereocenters. The average molecular weight is 381 g/mol. The third-order valence-corrected chi connectivity index (χ3v) is 6.36. The maximum absolute atomic E-state index is 12.9. The number of nitrogens with one attached hydrogen (secondary N) is 1. The van der Waals surface area contributed by atoms with E-state index < -0.39 is 15.6 Å². The number of morpholine rings is 1. The van der Waals surface area contributed by atoms with Crippen molar-refractivity contribution in [1.29, 1.82) is 0 Å². The number of hydrogen-bond acceptors (Lipinski definition) is 5. The van der Waals surface area contributed by atoms with Crippen LogP contribution >= 0.6 is 15.9 Å². The average Bonchev–Trinajstić information content (AvgIpc) is 2.77. The molecule has 0 radical (unpaired) electrons. The van der Waals surface area contributed by atoms with E-state index in [0.717, 1.165) is 6.54 Å². The molecule has 0 bridgehead atoms. The van der Waals surface area contributed by atoms with E-state index in [1.807, 2.05) is 20.8 Å². The van der Waals surface area contributed by atoms with Crippen LogP contribution < -0.4 is 5.32 Å². The van der Waals surface area contributed by atoms with Gasteiger partial charge in [-0.2, -0.15) is 4.31 Å². The van der Waals surface area contributed by atoms with E-state index in [0.29, 0.717) is 32.1 Å². The highest BCUT2D eigenvalue weighted by atomic mass is 79.9. The van der Waals surface area contributed by atoms with Crippen LogP contribution in [0.25, 0.3) is 0 Å². The Hall–Kier alpha value is -0.410. The Morgan fingerprint density at radius 2 is 2.19 bits per heavy atom. The summed E-state index contributed by atoms with van der Waals surface area (Å²) in [6, 6.07) is 1.58. The van der Waals surface area contributed by atoms with Crippen molar-refractivity contribution in [2.75, 3.05) is 26.3 Å². The van der Waals surface area contributed by atoms with Crippen molar-refractivity contribution in [1.82, 2.24) is 9.62 Å². The summed E-state index contributed by atoms with van der Waals surface area (Å²) in [6.45, 7) is 8.11. The summed E-state index contributed by atoms with van der Waals surface area (Å²) in [6.07, 6.45) is 0. The van der Waals surface area contributed by atoms with E-state index in [9.17, 15) is 8.42 Å². The number of hydrogen-bond donors (Lipinski definition) is 1. The first kappa shape index (κ1) is 17.0. The molecule has 0 saturated carbocycles. The fraction of sp³-hybridized carbons (Fsp3) is 0.692. The second kappa shape index (κ2) is 6.37. The van der Waals surface area contributed by atoms with Crippen molar-refractivity contribution in [3.8, 4) is 0 Å². The molecule has 8 heteroatoms. The lowest BCUT2D eigenvalue weighted by atomic mass is 10.1. The molecule has 0 amide bonds. The van der Waals surface area contributed by atoms with Gasteiger partial charge in [0.25, 0.3) is 0 Å². The zero-order valence-corrected chi connectivity index (χ0v) is 14.9. The Morgan fingerprint density at radius 1 is 1.48 bits per heavy atom. The molecule has 0 aromatic carbocycles. The van der Waals surface area contributed by atoms with Gasteiger partial charge in [-0.1, -0.05) is 6.92 Å². The second-order valence-corrected chi connectivity index (χ2v) is 8.12. The molecule has 1 aromatic heterocycles. The highest BCUT2D eigenvalue weighted by molar-refractivity contribution is 9.10. The molecule has 0 aliphatic carbocycles. The Balaban J connectivity index is 2.33. The van der Waals surface area contributed by atoms with Crippen LogP contribution in [0.2, 0.25) is 0 Å². The highest BCUT2D eigenvalue weighted by Gasteiger charge is 2.41. The maximum Gasteiger partial charge on any atom is 0.248 e. The molecule has 2 rings (SSSR count). The van der Waals surface area contributed by atoms with Crippen molar-refractivity contribution >= 4 is 26.0 Å². The van der Waals surface area contributed by atoms with E-state index in [-0.39, 0.29) is 9.56 Å². The molecular formula is C13H21BrN2O4S. The molecule has 1 saturated heterocycles. The Kier molecular flexibility index (Phi) is 5.15. The predicted molar refractivity (Wildman–Crippen MR) is 82.6 cm³/mol. The summed E-state index contributed by atoms with van der Waals surface area (Å²) in [4.78, 5) is 0.172. The fourth-order valence-corrected chi connectivity index (χ4v) is 5.03. The lowest BCUT2D eigenvalue weighted by molar-refractivity contribution is -0.00774. The van der Waals surface area contributed by atoms with Gasteiger partial charge in [-0.15, -0.1) is 0 Å². The molecule has 120 valence electrons. The van der Waals surface area contributed by atoms with E-state index in [1.165, 1.54) is 4.31 Å². The zero-order valence-electron chi connectivity index (χ0n) is 12.5. The lowest BCUT2D eigenvalue weighted by Gasteiger charge is -2.40. The quantitative estimate of drug-likeness (QED) is 0.844. The molecule has 0 atom stereocenters. The van der Waals surface area contributed by atoms with Gasteiger partial charge >= 0.3 is 0 Å². The number of ether oxygens (including phenoxy) is 1. The van der Waals surface area contributed by atoms with Crippen molar-refractivity contribution < 1.29 is 17.6 Å². The Morgan fingerprint density at radius 3 is 2.81 bits per heavy atom. The monoisotopic (exact) mass is 380 g/mol. The minimum absolute atomic E-state index is 0.172. The van der Waals surface area contributed by atoms with Crippen molar-refractivity contribution in [3.05, 3.63) is 16.5 Å². The fourth-order valence-electron chi connectivity index (χ4n) is 2.32. The summed E-state index contributed by atoms with van der Waals surface area (Å²) in [5, 5.41) is 3.11. The Labute approximate surface area is 134 Å². The predicted octanol–water partition coefficient (Wildman–Crippen LogP) is 1.95. The summed E-state index contributed by atoms with van der Waals surface area (Å²) < 4.78 is 38.3. The summed E-state index contributed by atoms with van der Waals surface area (Å²) in [5.74, 6) is 0.591. The van der Waals surface area contributed by atoms with Crippen LogP contribution in [0.3, 0.4) is 0 Å². The summed E-state index contributed by atoms with van der Waals surface area (Å²) in [7, 11) is -3.62. The van der Waals surface area contributed by atoms with E-state index in [4.69, 9.17) is 9.15 Å². The molecule has 0 spiro atoms. The lowest BCUT2D eigenvalue weighted by Crippen LogP contribution is -2.55. The molecule has 1 aromatic rings. The first-order chi connectivity index (χ1) is 9.79. The number of nitrogens with zero attached hydrogens (tertiary/aromatic N) is 1. The van der Waals surface area contributed by atoms with Gasteiger partial charge in [0.2, 0.25) is 10.0 Å². The molecule has 1 N–H and O–H groups in total. The largest absolute Gasteiger partial charge is 0.452 e. The first-order valence-electron chi connectivity index (χ1n) is 6.88. The number of halogens is 1. The van der Waals surface area contributed by atoms with Crippen LogP contribution in [0.4, 0.5) is 0 Å². The van der Waals surface area contributed by atoms with Gasteiger partial charge < -0.3 is 14.5 Å². The van der Waals surface area contributed by atoms with Crippen molar-refractivity contribution in [2.45, 2.75) is 37.8 Å². The normalized spacial score (nSPS) is 19.8. The third kappa shape index (κ3) is 3.50. The van der Waals surface area contributed by atoms with Crippen LogP contribution in [0.15, 0.2) is 20.0 Å². The summed E-state index contributed by atoms with van der Waals surface area (Å²) in [5.41, 5.74) is -0.574. The first-order valence-corrected chi connectivity index (χ1v) is 9.12.